The lowest BCUT2D eigenvalue weighted by Gasteiger charge is -2.05. The van der Waals surface area contributed by atoms with Crippen LogP contribution in [-0.2, 0) is 19.6 Å². The second-order valence-electron chi connectivity index (χ2n) is 4.13. The van der Waals surface area contributed by atoms with Gasteiger partial charge >= 0.3 is 0 Å². The molecule has 0 aliphatic heterocycles. The van der Waals surface area contributed by atoms with Crippen molar-refractivity contribution in [3.8, 4) is 0 Å². The number of aromatic nitrogens is 2. The van der Waals surface area contributed by atoms with Crippen molar-refractivity contribution in [2.45, 2.75) is 46.8 Å². The van der Waals surface area contributed by atoms with Crippen molar-refractivity contribution >= 4 is 11.6 Å². The second kappa shape index (κ2) is 5.52. The van der Waals surface area contributed by atoms with Crippen LogP contribution in [0.2, 0.25) is 5.15 Å². The van der Waals surface area contributed by atoms with E-state index in [1.807, 2.05) is 6.92 Å². The van der Waals surface area contributed by atoms with Crippen molar-refractivity contribution in [2.24, 2.45) is 5.92 Å². The minimum absolute atomic E-state index is 0.0241. The Hall–Kier alpha value is -0.540. The summed E-state index contributed by atoms with van der Waals surface area (Å²) in [5, 5.41) is 14.2. The van der Waals surface area contributed by atoms with Gasteiger partial charge in [0.05, 0.1) is 12.3 Å². The Morgan fingerprint density at radius 2 is 2.13 bits per heavy atom. The third-order valence-corrected chi connectivity index (χ3v) is 2.90. The van der Waals surface area contributed by atoms with Crippen LogP contribution in [0.4, 0.5) is 0 Å². The van der Waals surface area contributed by atoms with Crippen LogP contribution in [0.1, 0.15) is 38.4 Å². The highest BCUT2D eigenvalue weighted by Crippen LogP contribution is 2.21. The van der Waals surface area contributed by atoms with Gasteiger partial charge in [0.1, 0.15) is 5.15 Å². The van der Waals surface area contributed by atoms with E-state index in [1.165, 1.54) is 0 Å². The molecule has 0 bridgehead atoms. The van der Waals surface area contributed by atoms with Crippen LogP contribution in [0.15, 0.2) is 0 Å². The number of hydrogen-bond donors (Lipinski definition) is 1. The number of halogens is 1. The van der Waals surface area contributed by atoms with Crippen molar-refractivity contribution in [1.82, 2.24) is 9.78 Å². The zero-order chi connectivity index (χ0) is 11.4. The lowest BCUT2D eigenvalue weighted by atomic mass is 10.1. The van der Waals surface area contributed by atoms with E-state index in [0.717, 1.165) is 30.6 Å². The van der Waals surface area contributed by atoms with Gasteiger partial charge in [-0.3, -0.25) is 4.68 Å². The van der Waals surface area contributed by atoms with Gasteiger partial charge in [-0.25, -0.2) is 0 Å². The fraction of sp³-hybridized carbons (Fsp3) is 0.727. The minimum Gasteiger partial charge on any atom is -0.391 e. The van der Waals surface area contributed by atoms with Crippen LogP contribution in [0.3, 0.4) is 0 Å². The quantitative estimate of drug-likeness (QED) is 0.845. The highest BCUT2D eigenvalue weighted by molar-refractivity contribution is 6.30. The molecule has 0 aromatic carbocycles. The zero-order valence-corrected chi connectivity index (χ0v) is 10.4. The van der Waals surface area contributed by atoms with Gasteiger partial charge in [0.25, 0.3) is 0 Å². The summed E-state index contributed by atoms with van der Waals surface area (Å²) in [6.45, 7) is 7.16. The number of aliphatic hydroxyl groups excluding tert-OH is 1. The number of rotatable bonds is 5. The molecule has 0 aliphatic rings. The van der Waals surface area contributed by atoms with E-state index >= 15 is 0 Å². The van der Waals surface area contributed by atoms with E-state index in [9.17, 15) is 5.11 Å². The van der Waals surface area contributed by atoms with E-state index < -0.39 is 0 Å². The molecule has 0 saturated carbocycles. The summed E-state index contributed by atoms with van der Waals surface area (Å²) in [5.41, 5.74) is 1.69. The second-order valence-corrected chi connectivity index (χ2v) is 4.49. The predicted octanol–water partition coefficient (Wildman–Crippen LogP) is 2.64. The standard InChI is InChI=1S/C11H19ClN2O/c1-4-10-9(7-15)11(12)14(13-10)6-5-8(2)3/h8,15H,4-7H2,1-3H3. The maximum Gasteiger partial charge on any atom is 0.132 e. The van der Waals surface area contributed by atoms with Crippen LogP contribution >= 0.6 is 11.6 Å². The molecule has 0 atom stereocenters. The van der Waals surface area contributed by atoms with Gasteiger partial charge in [0.2, 0.25) is 0 Å². The summed E-state index contributed by atoms with van der Waals surface area (Å²) >= 11 is 6.13. The molecule has 0 saturated heterocycles. The van der Waals surface area contributed by atoms with Crippen molar-refractivity contribution in [3.63, 3.8) is 0 Å². The maximum atomic E-state index is 9.18. The van der Waals surface area contributed by atoms with Gasteiger partial charge in [-0.2, -0.15) is 5.10 Å². The molecule has 1 heterocycles. The Kier molecular flexibility index (Phi) is 4.61. The van der Waals surface area contributed by atoms with Crippen molar-refractivity contribution < 1.29 is 5.11 Å². The van der Waals surface area contributed by atoms with E-state index in [-0.39, 0.29) is 6.61 Å². The molecule has 0 unspecified atom stereocenters. The highest BCUT2D eigenvalue weighted by Gasteiger charge is 2.13. The number of nitrogens with zero attached hydrogens (tertiary/aromatic N) is 2. The molecule has 86 valence electrons. The monoisotopic (exact) mass is 230 g/mol. The fourth-order valence-corrected chi connectivity index (χ4v) is 1.79. The third-order valence-electron chi connectivity index (χ3n) is 2.48. The molecule has 1 aromatic heterocycles. The molecule has 0 spiro atoms. The smallest absolute Gasteiger partial charge is 0.132 e. The van der Waals surface area contributed by atoms with Crippen LogP contribution < -0.4 is 0 Å². The molecule has 1 aromatic rings. The van der Waals surface area contributed by atoms with Crippen LogP contribution in [0.25, 0.3) is 0 Å². The molecule has 4 heteroatoms. The molecular formula is C11H19ClN2O. The van der Waals surface area contributed by atoms with Crippen LogP contribution in [-0.4, -0.2) is 14.9 Å². The Labute approximate surface area is 96.1 Å². The summed E-state index contributed by atoms with van der Waals surface area (Å²) in [6.07, 6.45) is 1.86. The van der Waals surface area contributed by atoms with E-state index in [0.29, 0.717) is 11.1 Å². The van der Waals surface area contributed by atoms with Gasteiger partial charge in [-0.05, 0) is 18.8 Å². The van der Waals surface area contributed by atoms with Crippen LogP contribution in [0.5, 0.6) is 0 Å². The Bertz CT molecular complexity index is 321. The molecule has 15 heavy (non-hydrogen) atoms. The average molecular weight is 231 g/mol. The van der Waals surface area contributed by atoms with E-state index in [4.69, 9.17) is 11.6 Å². The van der Waals surface area contributed by atoms with Crippen molar-refractivity contribution in [1.29, 1.82) is 0 Å². The molecule has 3 nitrogen and oxygen atoms in total. The largest absolute Gasteiger partial charge is 0.391 e. The average Bonchev–Trinajstić information content (AvgIpc) is 2.51. The molecule has 0 amide bonds. The van der Waals surface area contributed by atoms with Crippen molar-refractivity contribution in [2.75, 3.05) is 0 Å². The first-order valence-electron chi connectivity index (χ1n) is 5.45. The summed E-state index contributed by atoms with van der Waals surface area (Å²) < 4.78 is 1.80. The van der Waals surface area contributed by atoms with Crippen molar-refractivity contribution in [3.05, 3.63) is 16.4 Å². The SMILES string of the molecule is CCc1nn(CCC(C)C)c(Cl)c1CO. The number of aryl methyl sites for hydroxylation is 2. The summed E-state index contributed by atoms with van der Waals surface area (Å²) in [7, 11) is 0. The molecule has 1 rings (SSSR count). The molecule has 1 N–H and O–H groups in total. The third kappa shape index (κ3) is 2.95. The van der Waals surface area contributed by atoms with E-state index in [2.05, 4.69) is 18.9 Å². The Balaban J connectivity index is 2.84. The van der Waals surface area contributed by atoms with Crippen LogP contribution in [0, 0.1) is 5.92 Å². The number of aliphatic hydroxyl groups is 1. The normalized spacial score (nSPS) is 11.3. The first kappa shape index (κ1) is 12.5. The lowest BCUT2D eigenvalue weighted by molar-refractivity contribution is 0.280. The van der Waals surface area contributed by atoms with Gasteiger partial charge in [-0.15, -0.1) is 0 Å². The van der Waals surface area contributed by atoms with Gasteiger partial charge in [-0.1, -0.05) is 32.4 Å². The van der Waals surface area contributed by atoms with Gasteiger partial charge < -0.3 is 5.11 Å². The van der Waals surface area contributed by atoms with Gasteiger partial charge in [0.15, 0.2) is 0 Å². The summed E-state index contributed by atoms with van der Waals surface area (Å²) in [5.74, 6) is 0.632. The molecule has 0 aliphatic carbocycles. The number of hydrogen-bond acceptors (Lipinski definition) is 2. The zero-order valence-electron chi connectivity index (χ0n) is 9.63. The molecule has 0 fully saturated rings. The maximum absolute atomic E-state index is 9.18. The topological polar surface area (TPSA) is 38.0 Å². The minimum atomic E-state index is -0.0241. The Morgan fingerprint density at radius 1 is 1.47 bits per heavy atom. The molecule has 0 radical (unpaired) electrons. The van der Waals surface area contributed by atoms with E-state index in [1.54, 1.807) is 4.68 Å². The summed E-state index contributed by atoms with van der Waals surface area (Å²) in [4.78, 5) is 0. The first-order valence-corrected chi connectivity index (χ1v) is 5.82. The summed E-state index contributed by atoms with van der Waals surface area (Å²) in [6, 6.07) is 0. The fourth-order valence-electron chi connectivity index (χ4n) is 1.49. The first-order chi connectivity index (χ1) is 7.10. The van der Waals surface area contributed by atoms with Gasteiger partial charge in [0, 0.05) is 12.1 Å². The predicted molar refractivity (Wildman–Crippen MR) is 62.0 cm³/mol. The molecular weight excluding hydrogens is 212 g/mol. The lowest BCUT2D eigenvalue weighted by Crippen LogP contribution is -2.03. The Morgan fingerprint density at radius 3 is 2.53 bits per heavy atom. The highest BCUT2D eigenvalue weighted by atomic mass is 35.5.